The molecule has 0 bridgehead atoms. The first kappa shape index (κ1) is 13.8. The lowest BCUT2D eigenvalue weighted by Crippen LogP contribution is -2.55. The van der Waals surface area contributed by atoms with Crippen molar-refractivity contribution in [3.8, 4) is 5.75 Å². The first-order chi connectivity index (χ1) is 9.03. The van der Waals surface area contributed by atoms with Gasteiger partial charge in [0.1, 0.15) is 5.75 Å². The molecule has 0 spiro atoms. The Balaban J connectivity index is 2.03. The number of anilines is 1. The maximum Gasteiger partial charge on any atom is 0.257 e. The largest absolute Gasteiger partial charge is 0.497 e. The second-order valence-corrected chi connectivity index (χ2v) is 5.00. The first-order valence-corrected chi connectivity index (χ1v) is 6.31. The van der Waals surface area contributed by atoms with Crippen molar-refractivity contribution in [1.82, 2.24) is 4.90 Å². The van der Waals surface area contributed by atoms with Gasteiger partial charge < -0.3 is 19.7 Å². The fourth-order valence-electron chi connectivity index (χ4n) is 2.14. The molecule has 1 aromatic carbocycles. The smallest absolute Gasteiger partial charge is 0.257 e. The van der Waals surface area contributed by atoms with Crippen molar-refractivity contribution in [2.45, 2.75) is 12.5 Å². The number of hydrogen-bond acceptors (Lipinski definition) is 4. The molecule has 1 fully saturated rings. The van der Waals surface area contributed by atoms with Crippen LogP contribution in [-0.4, -0.2) is 50.3 Å². The summed E-state index contributed by atoms with van der Waals surface area (Å²) in [6.45, 7) is 3.84. The molecule has 5 heteroatoms. The molecule has 1 aliphatic heterocycles. The van der Waals surface area contributed by atoms with Gasteiger partial charge in [0.05, 0.1) is 13.7 Å². The monoisotopic (exact) mass is 264 g/mol. The average molecular weight is 264 g/mol. The fourth-order valence-corrected chi connectivity index (χ4v) is 2.14. The van der Waals surface area contributed by atoms with E-state index in [1.165, 1.54) is 0 Å². The molecule has 1 atom stereocenters. The number of ether oxygens (including phenoxy) is 2. The second kappa shape index (κ2) is 5.59. The van der Waals surface area contributed by atoms with Gasteiger partial charge in [-0.05, 0) is 38.2 Å². The summed E-state index contributed by atoms with van der Waals surface area (Å²) < 4.78 is 10.7. The van der Waals surface area contributed by atoms with E-state index >= 15 is 0 Å². The third-order valence-electron chi connectivity index (χ3n) is 3.29. The minimum Gasteiger partial charge on any atom is -0.497 e. The van der Waals surface area contributed by atoms with Crippen molar-refractivity contribution < 1.29 is 14.3 Å². The maximum atomic E-state index is 12.3. The summed E-state index contributed by atoms with van der Waals surface area (Å²) in [5.74, 6) is 0.641. The molecule has 2 rings (SSSR count). The van der Waals surface area contributed by atoms with Gasteiger partial charge in [0, 0.05) is 18.8 Å². The van der Waals surface area contributed by atoms with Gasteiger partial charge in [-0.1, -0.05) is 0 Å². The van der Waals surface area contributed by atoms with Crippen molar-refractivity contribution in [2.75, 3.05) is 39.2 Å². The van der Waals surface area contributed by atoms with Crippen LogP contribution < -0.4 is 10.1 Å². The van der Waals surface area contributed by atoms with Crippen LogP contribution >= 0.6 is 0 Å². The molecule has 1 saturated heterocycles. The Morgan fingerprint density at radius 3 is 2.68 bits per heavy atom. The summed E-state index contributed by atoms with van der Waals surface area (Å²) in [5.41, 5.74) is -0.0590. The Hall–Kier alpha value is -1.59. The van der Waals surface area contributed by atoms with Crippen LogP contribution in [0, 0.1) is 0 Å². The summed E-state index contributed by atoms with van der Waals surface area (Å²) in [7, 11) is 3.60. The van der Waals surface area contributed by atoms with Gasteiger partial charge in [-0.25, -0.2) is 0 Å². The average Bonchev–Trinajstić information content (AvgIpc) is 2.39. The van der Waals surface area contributed by atoms with Crippen molar-refractivity contribution in [3.05, 3.63) is 24.3 Å². The number of nitrogens with zero attached hydrogens (tertiary/aromatic N) is 1. The summed E-state index contributed by atoms with van der Waals surface area (Å²) >= 11 is 0. The highest BCUT2D eigenvalue weighted by molar-refractivity contribution is 5.97. The van der Waals surface area contributed by atoms with E-state index in [1.54, 1.807) is 7.11 Å². The lowest BCUT2D eigenvalue weighted by Gasteiger charge is -2.37. The topological polar surface area (TPSA) is 50.8 Å². The summed E-state index contributed by atoms with van der Waals surface area (Å²) in [6.07, 6.45) is 0. The third kappa shape index (κ3) is 3.24. The molecule has 0 unspecified atom stereocenters. The van der Waals surface area contributed by atoms with Gasteiger partial charge in [-0.3, -0.25) is 4.79 Å². The van der Waals surface area contributed by atoms with Gasteiger partial charge in [0.2, 0.25) is 0 Å². The number of nitrogens with one attached hydrogen (secondary N) is 1. The van der Waals surface area contributed by atoms with E-state index in [2.05, 4.69) is 10.2 Å². The summed E-state index contributed by atoms with van der Waals surface area (Å²) in [5, 5.41) is 2.88. The third-order valence-corrected chi connectivity index (χ3v) is 3.29. The molecule has 19 heavy (non-hydrogen) atoms. The Bertz CT molecular complexity index is 447. The molecule has 0 aromatic heterocycles. The van der Waals surface area contributed by atoms with Crippen LogP contribution in [0.5, 0.6) is 5.75 Å². The molecule has 1 N–H and O–H groups in total. The first-order valence-electron chi connectivity index (χ1n) is 6.31. The van der Waals surface area contributed by atoms with Crippen molar-refractivity contribution >= 4 is 11.6 Å². The fraction of sp³-hybridized carbons (Fsp3) is 0.500. The van der Waals surface area contributed by atoms with Gasteiger partial charge >= 0.3 is 0 Å². The summed E-state index contributed by atoms with van der Waals surface area (Å²) in [4.78, 5) is 14.4. The zero-order valence-electron chi connectivity index (χ0n) is 11.6. The Morgan fingerprint density at radius 2 is 2.11 bits per heavy atom. The molecular formula is C14H20N2O3. The predicted octanol–water partition coefficient (Wildman–Crippen LogP) is 1.35. The van der Waals surface area contributed by atoms with Gasteiger partial charge in [-0.15, -0.1) is 0 Å². The number of amides is 1. The van der Waals surface area contributed by atoms with Gasteiger partial charge in [-0.2, -0.15) is 0 Å². The number of likely N-dealkylation sites (N-methyl/N-ethyl adjacent to an activating group) is 1. The lowest BCUT2D eigenvalue weighted by atomic mass is 10.0. The van der Waals surface area contributed by atoms with E-state index in [1.807, 2.05) is 38.2 Å². The number of carbonyl (C=O) groups is 1. The number of morpholine rings is 1. The van der Waals surface area contributed by atoms with Gasteiger partial charge in [0.25, 0.3) is 5.91 Å². The number of methoxy groups -OCH3 is 1. The van der Waals surface area contributed by atoms with Crippen LogP contribution in [0.2, 0.25) is 0 Å². The Kier molecular flexibility index (Phi) is 4.07. The maximum absolute atomic E-state index is 12.3. The minimum atomic E-state index is -0.799. The van der Waals surface area contributed by atoms with E-state index in [9.17, 15) is 4.79 Å². The highest BCUT2D eigenvalue weighted by atomic mass is 16.5. The molecule has 104 valence electrons. The van der Waals surface area contributed by atoms with E-state index in [4.69, 9.17) is 9.47 Å². The van der Waals surface area contributed by atoms with Crippen LogP contribution in [0.1, 0.15) is 6.92 Å². The van der Waals surface area contributed by atoms with Crippen molar-refractivity contribution in [1.29, 1.82) is 0 Å². The zero-order chi connectivity index (χ0) is 13.9. The van der Waals surface area contributed by atoms with E-state index in [-0.39, 0.29) is 5.91 Å². The number of benzene rings is 1. The van der Waals surface area contributed by atoms with E-state index < -0.39 is 5.60 Å². The standard InChI is InChI=1S/C14H20N2O3/c1-14(10-16(2)8-9-19-14)13(17)15-11-4-6-12(18-3)7-5-11/h4-7H,8-10H2,1-3H3,(H,15,17)/t14-/m1/s1. The zero-order valence-corrected chi connectivity index (χ0v) is 11.6. The van der Waals surface area contributed by atoms with Crippen LogP contribution in [0.4, 0.5) is 5.69 Å². The molecule has 5 nitrogen and oxygen atoms in total. The molecule has 1 heterocycles. The normalized spacial score (nSPS) is 23.9. The van der Waals surface area contributed by atoms with Crippen molar-refractivity contribution in [3.63, 3.8) is 0 Å². The van der Waals surface area contributed by atoms with E-state index in [0.717, 1.165) is 18.0 Å². The van der Waals surface area contributed by atoms with Crippen LogP contribution in [0.25, 0.3) is 0 Å². The van der Waals surface area contributed by atoms with E-state index in [0.29, 0.717) is 13.2 Å². The van der Waals surface area contributed by atoms with Crippen LogP contribution in [0.15, 0.2) is 24.3 Å². The number of rotatable bonds is 3. The number of carbonyl (C=O) groups excluding carboxylic acids is 1. The molecular weight excluding hydrogens is 244 g/mol. The highest BCUT2D eigenvalue weighted by Gasteiger charge is 2.38. The number of hydrogen-bond donors (Lipinski definition) is 1. The van der Waals surface area contributed by atoms with Crippen LogP contribution in [-0.2, 0) is 9.53 Å². The Labute approximate surface area is 113 Å². The van der Waals surface area contributed by atoms with Gasteiger partial charge in [0.15, 0.2) is 5.60 Å². The second-order valence-electron chi connectivity index (χ2n) is 5.00. The SMILES string of the molecule is COc1ccc(NC(=O)[C@@]2(C)CN(C)CCO2)cc1. The molecule has 0 radical (unpaired) electrons. The summed E-state index contributed by atoms with van der Waals surface area (Å²) in [6, 6.07) is 7.25. The molecule has 1 aromatic rings. The Morgan fingerprint density at radius 1 is 1.42 bits per heavy atom. The molecule has 0 saturated carbocycles. The van der Waals surface area contributed by atoms with Crippen LogP contribution in [0.3, 0.4) is 0 Å². The van der Waals surface area contributed by atoms with Crippen molar-refractivity contribution in [2.24, 2.45) is 0 Å². The highest BCUT2D eigenvalue weighted by Crippen LogP contribution is 2.21. The minimum absolute atomic E-state index is 0.121. The molecule has 1 aliphatic rings. The molecule has 1 amide bonds. The molecule has 0 aliphatic carbocycles. The lowest BCUT2D eigenvalue weighted by molar-refractivity contribution is -0.149. The quantitative estimate of drug-likeness (QED) is 0.895. The predicted molar refractivity (Wildman–Crippen MR) is 73.5 cm³/mol.